The molecule has 2 aromatic heterocycles. The van der Waals surface area contributed by atoms with E-state index in [1.165, 1.54) is 25.5 Å². The largest absolute Gasteiger partial charge is 0.281 e. The fraction of sp³-hybridized carbons (Fsp3) is 0.0625. The average Bonchev–Trinajstić information content (AvgIpc) is 2.99. The maximum atomic E-state index is 5.56. The van der Waals surface area contributed by atoms with Gasteiger partial charge in [-0.25, -0.2) is 0 Å². The molecule has 0 saturated heterocycles. The average molecular weight is 313 g/mol. The van der Waals surface area contributed by atoms with Crippen molar-refractivity contribution in [2.24, 2.45) is 0 Å². The summed E-state index contributed by atoms with van der Waals surface area (Å²) < 4.78 is 4.47. The Morgan fingerprint density at radius 1 is 0.900 bits per heavy atom. The first kappa shape index (κ1) is 12.3. The molecular formula is C16H11NS3. The Morgan fingerprint density at radius 3 is 2.50 bits per heavy atom. The van der Waals surface area contributed by atoms with Crippen LogP contribution in [-0.2, 0) is 6.42 Å². The molecule has 0 amide bonds. The minimum Gasteiger partial charge on any atom is -0.281 e. The van der Waals surface area contributed by atoms with Crippen molar-refractivity contribution in [3.05, 3.63) is 69.0 Å². The molecule has 0 unspecified atom stereocenters. The zero-order chi connectivity index (χ0) is 13.5. The van der Waals surface area contributed by atoms with E-state index in [-0.39, 0.29) is 0 Å². The molecule has 0 atom stereocenters. The van der Waals surface area contributed by atoms with Crippen LogP contribution in [0.25, 0.3) is 15.0 Å². The predicted octanol–water partition coefficient (Wildman–Crippen LogP) is 5.54. The molecular weight excluding hydrogens is 302 g/mol. The number of benzene rings is 2. The number of fused-ring (bicyclic) bond motifs is 3. The summed E-state index contributed by atoms with van der Waals surface area (Å²) in [6, 6.07) is 19.1. The summed E-state index contributed by atoms with van der Waals surface area (Å²) in [7, 11) is 0. The zero-order valence-electron chi connectivity index (χ0n) is 10.6. The van der Waals surface area contributed by atoms with Gasteiger partial charge in [0.2, 0.25) is 0 Å². The first-order valence-corrected chi connectivity index (χ1v) is 8.43. The molecule has 4 aromatic rings. The van der Waals surface area contributed by atoms with E-state index in [9.17, 15) is 0 Å². The van der Waals surface area contributed by atoms with Crippen molar-refractivity contribution in [3.63, 3.8) is 0 Å². The normalized spacial score (nSPS) is 11.4. The standard InChI is InChI=1S/C16H11NS3/c18-16-17-12-8-4-5-9-13(12)19-15(17)14(20-16)10-11-6-2-1-3-7-11/h1-9H,10H2. The quantitative estimate of drug-likeness (QED) is 0.440. The lowest BCUT2D eigenvalue weighted by molar-refractivity contribution is 1.23. The van der Waals surface area contributed by atoms with Gasteiger partial charge < -0.3 is 0 Å². The molecule has 0 radical (unpaired) electrons. The molecule has 0 aliphatic carbocycles. The predicted molar refractivity (Wildman–Crippen MR) is 90.7 cm³/mol. The molecule has 4 heteroatoms. The van der Waals surface area contributed by atoms with E-state index in [2.05, 4.69) is 59.0 Å². The molecule has 0 N–H and O–H groups in total. The van der Waals surface area contributed by atoms with Crippen LogP contribution < -0.4 is 0 Å². The second kappa shape index (κ2) is 4.81. The summed E-state index contributed by atoms with van der Waals surface area (Å²) in [5.74, 6) is 0. The van der Waals surface area contributed by atoms with Gasteiger partial charge in [0, 0.05) is 11.3 Å². The summed E-state index contributed by atoms with van der Waals surface area (Å²) >= 11 is 9.13. The van der Waals surface area contributed by atoms with Crippen LogP contribution in [0.5, 0.6) is 0 Å². The van der Waals surface area contributed by atoms with Crippen molar-refractivity contribution in [3.8, 4) is 0 Å². The fourth-order valence-electron chi connectivity index (χ4n) is 2.44. The van der Waals surface area contributed by atoms with Crippen molar-refractivity contribution in [1.29, 1.82) is 0 Å². The van der Waals surface area contributed by atoms with Gasteiger partial charge in [0.15, 0.2) is 3.95 Å². The summed E-state index contributed by atoms with van der Waals surface area (Å²) in [5.41, 5.74) is 2.57. The minimum atomic E-state index is 0.948. The van der Waals surface area contributed by atoms with Gasteiger partial charge >= 0.3 is 0 Å². The molecule has 2 heterocycles. The maximum absolute atomic E-state index is 5.56. The van der Waals surface area contributed by atoms with Crippen LogP contribution in [0.2, 0.25) is 0 Å². The third-order valence-corrected chi connectivity index (χ3v) is 6.05. The lowest BCUT2D eigenvalue weighted by atomic mass is 10.1. The van der Waals surface area contributed by atoms with Crippen LogP contribution in [0.15, 0.2) is 54.6 Å². The highest BCUT2D eigenvalue weighted by Crippen LogP contribution is 2.34. The fourth-order valence-corrected chi connectivity index (χ4v) is 5.29. The van der Waals surface area contributed by atoms with Gasteiger partial charge in [-0.05, 0) is 29.9 Å². The van der Waals surface area contributed by atoms with E-state index < -0.39 is 0 Å². The van der Waals surface area contributed by atoms with Crippen LogP contribution in [-0.4, -0.2) is 4.40 Å². The number of para-hydroxylation sites is 1. The molecule has 0 aliphatic heterocycles. The van der Waals surface area contributed by atoms with E-state index >= 15 is 0 Å². The summed E-state index contributed by atoms with van der Waals surface area (Å²) in [4.78, 5) is 2.66. The van der Waals surface area contributed by atoms with Crippen molar-refractivity contribution in [2.45, 2.75) is 6.42 Å². The lowest BCUT2D eigenvalue weighted by Gasteiger charge is -1.97. The second-order valence-electron chi connectivity index (χ2n) is 4.66. The zero-order valence-corrected chi connectivity index (χ0v) is 13.0. The van der Waals surface area contributed by atoms with Gasteiger partial charge in [0.05, 0.1) is 10.2 Å². The van der Waals surface area contributed by atoms with E-state index in [1.807, 2.05) is 11.3 Å². The first-order valence-electron chi connectivity index (χ1n) is 6.39. The Kier molecular flexibility index (Phi) is 2.95. The summed E-state index contributed by atoms with van der Waals surface area (Å²) in [6.07, 6.45) is 0.957. The number of nitrogens with zero attached hydrogens (tertiary/aromatic N) is 1. The second-order valence-corrected chi connectivity index (χ2v) is 7.42. The van der Waals surface area contributed by atoms with Gasteiger partial charge in [-0.15, -0.1) is 22.7 Å². The van der Waals surface area contributed by atoms with E-state index in [1.54, 1.807) is 11.3 Å². The monoisotopic (exact) mass is 313 g/mol. The summed E-state index contributed by atoms with van der Waals surface area (Å²) in [5, 5.41) is 0. The molecule has 0 spiro atoms. The number of hydrogen-bond acceptors (Lipinski definition) is 3. The van der Waals surface area contributed by atoms with Gasteiger partial charge in [-0.1, -0.05) is 42.5 Å². The number of rotatable bonds is 2. The Morgan fingerprint density at radius 2 is 1.65 bits per heavy atom. The van der Waals surface area contributed by atoms with Crippen molar-refractivity contribution < 1.29 is 0 Å². The van der Waals surface area contributed by atoms with Crippen molar-refractivity contribution in [1.82, 2.24) is 4.40 Å². The van der Waals surface area contributed by atoms with Gasteiger partial charge in [0.25, 0.3) is 0 Å². The highest BCUT2D eigenvalue weighted by atomic mass is 32.1. The minimum absolute atomic E-state index is 0.948. The highest BCUT2D eigenvalue weighted by molar-refractivity contribution is 7.73. The molecule has 4 rings (SSSR count). The third-order valence-electron chi connectivity index (χ3n) is 3.36. The van der Waals surface area contributed by atoms with E-state index in [0.717, 1.165) is 10.4 Å². The number of thiazole rings is 2. The van der Waals surface area contributed by atoms with E-state index in [4.69, 9.17) is 12.2 Å². The highest BCUT2D eigenvalue weighted by Gasteiger charge is 2.12. The molecule has 1 nitrogen and oxygen atoms in total. The molecule has 0 saturated carbocycles. The first-order chi connectivity index (χ1) is 9.83. The Labute approximate surface area is 129 Å². The molecule has 0 fully saturated rings. The van der Waals surface area contributed by atoms with Crippen LogP contribution in [0.4, 0.5) is 0 Å². The molecule has 20 heavy (non-hydrogen) atoms. The summed E-state index contributed by atoms with van der Waals surface area (Å²) in [6.45, 7) is 0. The maximum Gasteiger partial charge on any atom is 0.167 e. The van der Waals surface area contributed by atoms with Crippen molar-refractivity contribution >= 4 is 49.9 Å². The third kappa shape index (κ3) is 1.92. The lowest BCUT2D eigenvalue weighted by Crippen LogP contribution is -1.84. The number of hydrogen-bond donors (Lipinski definition) is 0. The van der Waals surface area contributed by atoms with Crippen molar-refractivity contribution in [2.75, 3.05) is 0 Å². The topological polar surface area (TPSA) is 4.41 Å². The SMILES string of the molecule is S=c1sc(Cc2ccccc2)c2sc3ccccc3n12. The van der Waals surface area contributed by atoms with Crippen LogP contribution >= 0.6 is 34.9 Å². The molecule has 0 bridgehead atoms. The Balaban J connectivity index is 1.95. The Bertz CT molecular complexity index is 944. The van der Waals surface area contributed by atoms with Crippen LogP contribution in [0.1, 0.15) is 10.4 Å². The van der Waals surface area contributed by atoms with Gasteiger partial charge in [-0.3, -0.25) is 4.40 Å². The van der Waals surface area contributed by atoms with Crippen LogP contribution in [0, 0.1) is 3.95 Å². The van der Waals surface area contributed by atoms with Gasteiger partial charge in [0.1, 0.15) is 4.83 Å². The molecule has 0 aliphatic rings. The van der Waals surface area contributed by atoms with E-state index in [0.29, 0.717) is 0 Å². The van der Waals surface area contributed by atoms with Crippen LogP contribution in [0.3, 0.4) is 0 Å². The number of aromatic nitrogens is 1. The smallest absolute Gasteiger partial charge is 0.167 e. The van der Waals surface area contributed by atoms with Gasteiger partial charge in [-0.2, -0.15) is 0 Å². The molecule has 2 aromatic carbocycles. The Hall–Kier alpha value is -1.49. The molecule has 98 valence electrons.